The van der Waals surface area contributed by atoms with Gasteiger partial charge >= 0.3 is 0 Å². The third-order valence-electron chi connectivity index (χ3n) is 5.43. The zero-order valence-corrected chi connectivity index (χ0v) is 16.5. The Morgan fingerprint density at radius 3 is 2.63 bits per heavy atom. The Hall–Kier alpha value is -3.13. The molecule has 156 valence electrons. The highest BCUT2D eigenvalue weighted by atomic mass is 19.2. The van der Waals surface area contributed by atoms with Crippen LogP contribution in [0.1, 0.15) is 24.0 Å². The van der Waals surface area contributed by atoms with E-state index in [1.165, 1.54) is 6.07 Å². The average molecular weight is 412 g/mol. The highest BCUT2D eigenvalue weighted by molar-refractivity contribution is 6.46. The van der Waals surface area contributed by atoms with Crippen LogP contribution >= 0.6 is 0 Å². The van der Waals surface area contributed by atoms with Crippen molar-refractivity contribution in [3.8, 4) is 0 Å². The Labute approximate surface area is 173 Å². The van der Waals surface area contributed by atoms with E-state index in [4.69, 9.17) is 4.99 Å². The molecule has 0 aromatic heterocycles. The molecule has 2 aliphatic rings. The van der Waals surface area contributed by atoms with Gasteiger partial charge in [-0.05, 0) is 25.1 Å². The number of piperidine rings is 1. The minimum Gasteiger partial charge on any atom is -0.326 e. The van der Waals surface area contributed by atoms with Crippen LogP contribution in [-0.4, -0.2) is 47.7 Å². The van der Waals surface area contributed by atoms with Gasteiger partial charge in [0, 0.05) is 43.2 Å². The van der Waals surface area contributed by atoms with E-state index in [2.05, 4.69) is 10.6 Å². The second-order valence-corrected chi connectivity index (χ2v) is 7.77. The summed E-state index contributed by atoms with van der Waals surface area (Å²) in [6, 6.07) is 10.9. The van der Waals surface area contributed by atoms with E-state index < -0.39 is 17.3 Å². The molecule has 30 heavy (non-hydrogen) atoms. The maximum Gasteiger partial charge on any atom is 0.272 e. The summed E-state index contributed by atoms with van der Waals surface area (Å²) in [5.41, 5.74) is 1.89. The zero-order chi connectivity index (χ0) is 21.3. The molecule has 1 saturated heterocycles. The molecule has 2 aliphatic heterocycles. The van der Waals surface area contributed by atoms with Crippen molar-refractivity contribution in [3.05, 3.63) is 65.2 Å². The van der Waals surface area contributed by atoms with Crippen LogP contribution in [0.15, 0.2) is 47.5 Å². The standard InChI is InChI=1S/C22H22F2N4O2/c1-14-3-2-4-15(11-14)20-21(30)27-22(26-20)7-9-28(10-8-22)13-19(29)25-16-5-6-17(23)18(24)12-16/h2-6,11-12H,7-10,13H2,1H3,(H,25,29)(H,27,30). The molecule has 2 amide bonds. The van der Waals surface area contributed by atoms with Crippen LogP contribution in [0.3, 0.4) is 0 Å². The Morgan fingerprint density at radius 2 is 1.93 bits per heavy atom. The first-order valence-electron chi connectivity index (χ1n) is 9.80. The molecule has 2 aromatic rings. The lowest BCUT2D eigenvalue weighted by Gasteiger charge is -2.36. The SMILES string of the molecule is Cc1cccc(C2=NC3(CCN(CC(=O)Nc4ccc(F)c(F)c4)CC3)NC2=O)c1. The molecule has 8 heteroatoms. The van der Waals surface area contributed by atoms with E-state index in [1.54, 1.807) is 0 Å². The van der Waals surface area contributed by atoms with Crippen LogP contribution in [0.4, 0.5) is 14.5 Å². The largest absolute Gasteiger partial charge is 0.326 e. The van der Waals surface area contributed by atoms with Crippen molar-refractivity contribution < 1.29 is 18.4 Å². The van der Waals surface area contributed by atoms with Gasteiger partial charge in [-0.15, -0.1) is 0 Å². The summed E-state index contributed by atoms with van der Waals surface area (Å²) >= 11 is 0. The van der Waals surface area contributed by atoms with E-state index in [-0.39, 0.29) is 24.0 Å². The van der Waals surface area contributed by atoms with E-state index >= 15 is 0 Å². The summed E-state index contributed by atoms with van der Waals surface area (Å²) in [6.07, 6.45) is 1.18. The number of nitrogens with zero attached hydrogens (tertiary/aromatic N) is 2. The van der Waals surface area contributed by atoms with Gasteiger partial charge in [-0.2, -0.15) is 0 Å². The predicted molar refractivity (Wildman–Crippen MR) is 109 cm³/mol. The third kappa shape index (κ3) is 4.23. The van der Waals surface area contributed by atoms with Gasteiger partial charge in [-0.1, -0.05) is 23.8 Å². The number of benzene rings is 2. The monoisotopic (exact) mass is 412 g/mol. The molecular weight excluding hydrogens is 390 g/mol. The number of hydrogen-bond donors (Lipinski definition) is 2. The highest BCUT2D eigenvalue weighted by Crippen LogP contribution is 2.29. The summed E-state index contributed by atoms with van der Waals surface area (Å²) in [7, 11) is 0. The molecule has 6 nitrogen and oxygen atoms in total. The molecule has 4 rings (SSSR count). The zero-order valence-electron chi connectivity index (χ0n) is 16.5. The second kappa shape index (κ2) is 7.95. The summed E-state index contributed by atoms with van der Waals surface area (Å²) in [6.45, 7) is 3.25. The van der Waals surface area contributed by atoms with Crippen molar-refractivity contribution in [2.45, 2.75) is 25.4 Å². The highest BCUT2D eigenvalue weighted by Gasteiger charge is 2.42. The maximum absolute atomic E-state index is 13.3. The fourth-order valence-electron chi connectivity index (χ4n) is 3.85. The van der Waals surface area contributed by atoms with Crippen LogP contribution in [0.25, 0.3) is 0 Å². The number of aliphatic imine (C=N–C) groups is 1. The van der Waals surface area contributed by atoms with Crippen LogP contribution in [0.2, 0.25) is 0 Å². The normalized spacial score (nSPS) is 18.2. The minimum absolute atomic E-state index is 0.122. The molecule has 0 atom stereocenters. The smallest absolute Gasteiger partial charge is 0.272 e. The molecule has 0 bridgehead atoms. The Balaban J connectivity index is 1.36. The number of carbonyl (C=O) groups is 2. The van der Waals surface area contributed by atoms with E-state index in [0.717, 1.165) is 23.3 Å². The van der Waals surface area contributed by atoms with Gasteiger partial charge in [-0.3, -0.25) is 19.5 Å². The predicted octanol–water partition coefficient (Wildman–Crippen LogP) is 2.62. The first kappa shape index (κ1) is 20.2. The minimum atomic E-state index is -1.01. The number of carbonyl (C=O) groups excluding carboxylic acids is 2. The number of halogens is 2. The first-order valence-corrected chi connectivity index (χ1v) is 9.80. The quantitative estimate of drug-likeness (QED) is 0.811. The fourth-order valence-corrected chi connectivity index (χ4v) is 3.85. The summed E-state index contributed by atoms with van der Waals surface area (Å²) < 4.78 is 26.3. The molecule has 2 heterocycles. The van der Waals surface area contributed by atoms with E-state index in [9.17, 15) is 18.4 Å². The Bertz CT molecular complexity index is 1030. The molecule has 0 aliphatic carbocycles. The molecular formula is C22H22F2N4O2. The number of aryl methyl sites for hydroxylation is 1. The Morgan fingerprint density at radius 1 is 1.17 bits per heavy atom. The summed E-state index contributed by atoms with van der Waals surface area (Å²) in [5.74, 6) is -2.45. The molecule has 1 spiro atoms. The number of hydrogen-bond acceptors (Lipinski definition) is 4. The van der Waals surface area contributed by atoms with E-state index in [0.29, 0.717) is 31.6 Å². The fraction of sp³-hybridized carbons (Fsp3) is 0.318. The van der Waals surface area contributed by atoms with Crippen LogP contribution in [0.5, 0.6) is 0 Å². The topological polar surface area (TPSA) is 73.8 Å². The summed E-state index contributed by atoms with van der Waals surface area (Å²) in [4.78, 5) is 31.4. The molecule has 0 unspecified atom stereocenters. The van der Waals surface area contributed by atoms with Gasteiger partial charge in [0.2, 0.25) is 5.91 Å². The van der Waals surface area contributed by atoms with Crippen LogP contribution in [-0.2, 0) is 9.59 Å². The second-order valence-electron chi connectivity index (χ2n) is 7.77. The average Bonchev–Trinajstić information content (AvgIpc) is 3.03. The van der Waals surface area contributed by atoms with Gasteiger partial charge in [0.05, 0.1) is 6.54 Å². The number of nitrogens with one attached hydrogen (secondary N) is 2. The number of anilines is 1. The van der Waals surface area contributed by atoms with Crippen molar-refractivity contribution in [2.24, 2.45) is 4.99 Å². The third-order valence-corrected chi connectivity index (χ3v) is 5.43. The van der Waals surface area contributed by atoms with Gasteiger partial charge in [0.1, 0.15) is 11.4 Å². The molecule has 2 N–H and O–H groups in total. The lowest BCUT2D eigenvalue weighted by molar-refractivity contribution is -0.119. The molecule has 2 aromatic carbocycles. The van der Waals surface area contributed by atoms with Gasteiger partial charge in [0.15, 0.2) is 11.6 Å². The van der Waals surface area contributed by atoms with Gasteiger partial charge in [0.25, 0.3) is 5.91 Å². The molecule has 0 radical (unpaired) electrons. The van der Waals surface area contributed by atoms with Crippen molar-refractivity contribution in [1.82, 2.24) is 10.2 Å². The van der Waals surface area contributed by atoms with Crippen molar-refractivity contribution in [3.63, 3.8) is 0 Å². The lowest BCUT2D eigenvalue weighted by Crippen LogP contribution is -2.52. The lowest BCUT2D eigenvalue weighted by atomic mass is 9.98. The summed E-state index contributed by atoms with van der Waals surface area (Å²) in [5, 5.41) is 5.59. The Kier molecular flexibility index (Phi) is 5.34. The number of likely N-dealkylation sites (tertiary alicyclic amines) is 1. The van der Waals surface area contributed by atoms with Crippen LogP contribution in [0, 0.1) is 18.6 Å². The molecule has 1 fully saturated rings. The number of amides is 2. The van der Waals surface area contributed by atoms with Crippen LogP contribution < -0.4 is 10.6 Å². The van der Waals surface area contributed by atoms with E-state index in [1.807, 2.05) is 36.1 Å². The number of rotatable bonds is 4. The molecule has 0 saturated carbocycles. The first-order chi connectivity index (χ1) is 14.3. The van der Waals surface area contributed by atoms with Gasteiger partial charge in [-0.25, -0.2) is 8.78 Å². The van der Waals surface area contributed by atoms with Crippen molar-refractivity contribution in [2.75, 3.05) is 25.0 Å². The maximum atomic E-state index is 13.3. The van der Waals surface area contributed by atoms with Crippen molar-refractivity contribution in [1.29, 1.82) is 0 Å². The van der Waals surface area contributed by atoms with Crippen molar-refractivity contribution >= 4 is 23.2 Å². The van der Waals surface area contributed by atoms with Gasteiger partial charge < -0.3 is 10.6 Å².